The number of methoxy groups -OCH3 is 1. The van der Waals surface area contributed by atoms with E-state index in [0.717, 1.165) is 4.47 Å². The van der Waals surface area contributed by atoms with Gasteiger partial charge in [-0.2, -0.15) is 0 Å². The topological polar surface area (TPSA) is 111 Å². The van der Waals surface area contributed by atoms with Crippen LogP contribution in [0.5, 0.6) is 5.75 Å². The molecule has 10 heteroatoms. The lowest BCUT2D eigenvalue weighted by Crippen LogP contribution is -2.23. The van der Waals surface area contributed by atoms with E-state index in [2.05, 4.69) is 31.1 Å². The van der Waals surface area contributed by atoms with Gasteiger partial charge in [0.05, 0.1) is 13.7 Å². The van der Waals surface area contributed by atoms with Gasteiger partial charge >= 0.3 is 0 Å². The lowest BCUT2D eigenvalue weighted by molar-refractivity contribution is 0.0950. The number of rotatable bonds is 7. The first kappa shape index (κ1) is 20.9. The van der Waals surface area contributed by atoms with Gasteiger partial charge in [0.15, 0.2) is 0 Å². The predicted octanol–water partition coefficient (Wildman–Crippen LogP) is 3.48. The summed E-state index contributed by atoms with van der Waals surface area (Å²) < 4.78 is 39.2. The van der Waals surface area contributed by atoms with Crippen molar-refractivity contribution in [3.8, 4) is 5.75 Å². The molecular weight excluding hydrogens is 462 g/mol. The Balaban J connectivity index is 1.83. The van der Waals surface area contributed by atoms with Crippen molar-refractivity contribution in [2.24, 2.45) is 0 Å². The Morgan fingerprint density at radius 1 is 1.17 bits per heavy atom. The lowest BCUT2D eigenvalue weighted by Gasteiger charge is -2.13. The molecule has 0 spiro atoms. The van der Waals surface area contributed by atoms with Gasteiger partial charge < -0.3 is 14.6 Å². The van der Waals surface area contributed by atoms with Crippen LogP contribution < -0.4 is 14.8 Å². The molecule has 0 saturated heterocycles. The minimum Gasteiger partial charge on any atom is -0.495 e. The molecule has 1 amide bonds. The van der Waals surface area contributed by atoms with Crippen LogP contribution in [-0.2, 0) is 16.6 Å². The zero-order valence-electron chi connectivity index (χ0n) is 15.6. The summed E-state index contributed by atoms with van der Waals surface area (Å²) in [5.74, 6) is 0.303. The van der Waals surface area contributed by atoms with Crippen LogP contribution in [0.15, 0.2) is 62.4 Å². The number of halogens is 1. The zero-order valence-corrected chi connectivity index (χ0v) is 18.0. The molecule has 0 fully saturated rings. The van der Waals surface area contributed by atoms with E-state index in [1.165, 1.54) is 25.3 Å². The van der Waals surface area contributed by atoms with E-state index in [1.54, 1.807) is 37.3 Å². The fourth-order valence-electron chi connectivity index (χ4n) is 2.53. The van der Waals surface area contributed by atoms with Crippen molar-refractivity contribution < 1.29 is 22.5 Å². The first-order valence-corrected chi connectivity index (χ1v) is 10.7. The number of nitrogens with zero attached hydrogens (tertiary/aromatic N) is 1. The van der Waals surface area contributed by atoms with Crippen LogP contribution in [0.1, 0.15) is 21.8 Å². The number of aromatic nitrogens is 1. The van der Waals surface area contributed by atoms with Gasteiger partial charge in [-0.3, -0.25) is 9.52 Å². The third kappa shape index (κ3) is 5.15. The summed E-state index contributed by atoms with van der Waals surface area (Å²) in [7, 11) is -2.62. The van der Waals surface area contributed by atoms with Crippen molar-refractivity contribution in [1.29, 1.82) is 0 Å². The highest BCUT2D eigenvalue weighted by molar-refractivity contribution is 9.10. The molecule has 152 valence electrons. The van der Waals surface area contributed by atoms with Gasteiger partial charge in [0, 0.05) is 21.8 Å². The summed E-state index contributed by atoms with van der Waals surface area (Å²) in [5.41, 5.74) is 1.11. The Hall–Kier alpha value is -2.85. The number of nitrogens with one attached hydrogen (secondary N) is 2. The van der Waals surface area contributed by atoms with Gasteiger partial charge in [-0.15, -0.1) is 0 Å². The summed E-state index contributed by atoms with van der Waals surface area (Å²) in [6, 6.07) is 12.5. The summed E-state index contributed by atoms with van der Waals surface area (Å²) in [5, 5.41) is 6.48. The van der Waals surface area contributed by atoms with Crippen LogP contribution >= 0.6 is 15.9 Å². The molecule has 1 aromatic heterocycles. The number of ether oxygens (including phenoxy) is 1. The molecule has 0 bridgehead atoms. The summed E-state index contributed by atoms with van der Waals surface area (Å²) in [6.45, 7) is 1.90. The molecule has 0 atom stereocenters. The normalized spacial score (nSPS) is 11.1. The molecule has 0 saturated carbocycles. The molecule has 29 heavy (non-hydrogen) atoms. The second-order valence-electron chi connectivity index (χ2n) is 6.09. The van der Waals surface area contributed by atoms with Crippen molar-refractivity contribution in [3.63, 3.8) is 0 Å². The third-order valence-corrected chi connectivity index (χ3v) is 5.85. The van der Waals surface area contributed by atoms with Gasteiger partial charge in [0.2, 0.25) is 0 Å². The van der Waals surface area contributed by atoms with Crippen molar-refractivity contribution >= 4 is 37.5 Å². The molecular formula is C19H18BrN3O5S. The van der Waals surface area contributed by atoms with Crippen LogP contribution in [0.4, 0.5) is 5.69 Å². The van der Waals surface area contributed by atoms with Crippen molar-refractivity contribution in [2.45, 2.75) is 18.4 Å². The van der Waals surface area contributed by atoms with E-state index in [1.807, 2.05) is 0 Å². The summed E-state index contributed by atoms with van der Waals surface area (Å²) in [6.07, 6.45) is 0. The Labute approximate surface area is 176 Å². The number of sulfonamides is 1. The van der Waals surface area contributed by atoms with E-state index in [9.17, 15) is 13.2 Å². The third-order valence-electron chi connectivity index (χ3n) is 3.92. The molecule has 0 radical (unpaired) electrons. The number of hydrogen-bond donors (Lipinski definition) is 2. The first-order valence-electron chi connectivity index (χ1n) is 8.45. The van der Waals surface area contributed by atoms with Crippen LogP contribution in [0.3, 0.4) is 0 Å². The Bertz CT molecular complexity index is 1130. The first-order chi connectivity index (χ1) is 13.8. The highest BCUT2D eigenvalue weighted by atomic mass is 79.9. The zero-order chi connectivity index (χ0) is 21.0. The van der Waals surface area contributed by atoms with Gasteiger partial charge in [-0.1, -0.05) is 21.1 Å². The maximum Gasteiger partial charge on any atom is 0.265 e. The fourth-order valence-corrected chi connectivity index (χ4v) is 4.05. The minimum atomic E-state index is -3.99. The smallest absolute Gasteiger partial charge is 0.265 e. The summed E-state index contributed by atoms with van der Waals surface area (Å²) >= 11 is 3.30. The van der Waals surface area contributed by atoms with Crippen molar-refractivity contribution in [1.82, 2.24) is 10.5 Å². The van der Waals surface area contributed by atoms with Crippen LogP contribution in [0, 0.1) is 6.92 Å². The molecule has 1 heterocycles. The number of anilines is 1. The van der Waals surface area contributed by atoms with Gasteiger partial charge in [0.1, 0.15) is 22.1 Å². The Kier molecular flexibility index (Phi) is 6.23. The lowest BCUT2D eigenvalue weighted by atomic mass is 10.2. The SMILES string of the molecule is COc1ccc(C(=O)NCc2cc(C)on2)cc1S(=O)(=O)Nc1ccc(Br)cc1. The highest BCUT2D eigenvalue weighted by Crippen LogP contribution is 2.27. The number of carbonyl (C=O) groups excluding carboxylic acids is 1. The van der Waals surface area contributed by atoms with Crippen molar-refractivity contribution in [2.75, 3.05) is 11.8 Å². The number of aryl methyl sites for hydroxylation is 1. The predicted molar refractivity (Wildman–Crippen MR) is 110 cm³/mol. The number of hydrogen-bond acceptors (Lipinski definition) is 6. The van der Waals surface area contributed by atoms with Gasteiger partial charge in [-0.25, -0.2) is 8.42 Å². The maximum absolute atomic E-state index is 12.9. The number of amides is 1. The van der Waals surface area contributed by atoms with Crippen LogP contribution in [0.2, 0.25) is 0 Å². The highest BCUT2D eigenvalue weighted by Gasteiger charge is 2.22. The largest absolute Gasteiger partial charge is 0.495 e. The van der Waals surface area contributed by atoms with E-state index in [4.69, 9.17) is 9.26 Å². The van der Waals surface area contributed by atoms with Crippen LogP contribution in [0.25, 0.3) is 0 Å². The number of benzene rings is 2. The molecule has 0 aliphatic rings. The fraction of sp³-hybridized carbons (Fsp3) is 0.158. The molecule has 0 aliphatic heterocycles. The average molecular weight is 480 g/mol. The van der Waals surface area contributed by atoms with E-state index >= 15 is 0 Å². The molecule has 8 nitrogen and oxygen atoms in total. The second-order valence-corrected chi connectivity index (χ2v) is 8.66. The summed E-state index contributed by atoms with van der Waals surface area (Å²) in [4.78, 5) is 12.3. The molecule has 3 aromatic rings. The molecule has 3 rings (SSSR count). The number of carbonyl (C=O) groups is 1. The van der Waals surface area contributed by atoms with Crippen LogP contribution in [-0.4, -0.2) is 26.6 Å². The van der Waals surface area contributed by atoms with Gasteiger partial charge in [-0.05, 0) is 49.4 Å². The second kappa shape index (κ2) is 8.66. The molecule has 2 N–H and O–H groups in total. The maximum atomic E-state index is 12.9. The van der Waals surface area contributed by atoms with Crippen molar-refractivity contribution in [3.05, 3.63) is 70.0 Å². The minimum absolute atomic E-state index is 0.123. The molecule has 0 unspecified atom stereocenters. The average Bonchev–Trinajstić information content (AvgIpc) is 3.12. The molecule has 0 aliphatic carbocycles. The Morgan fingerprint density at radius 3 is 2.52 bits per heavy atom. The standard InChI is InChI=1S/C19H18BrN3O5S/c1-12-9-16(22-28-12)11-21-19(24)13-3-8-17(27-2)18(10-13)29(25,26)23-15-6-4-14(20)5-7-15/h3-10,23H,11H2,1-2H3,(H,21,24). The monoisotopic (exact) mass is 479 g/mol. The molecule has 2 aromatic carbocycles. The van der Waals surface area contributed by atoms with E-state index in [-0.39, 0.29) is 22.8 Å². The van der Waals surface area contributed by atoms with E-state index < -0.39 is 15.9 Å². The van der Waals surface area contributed by atoms with Gasteiger partial charge in [0.25, 0.3) is 15.9 Å². The van der Waals surface area contributed by atoms with E-state index in [0.29, 0.717) is 17.1 Å². The quantitative estimate of drug-likeness (QED) is 0.536. The Morgan fingerprint density at radius 2 is 1.90 bits per heavy atom.